The molecule has 19 heavy (non-hydrogen) atoms. The molecule has 2 N–H and O–H groups in total. The van der Waals surface area contributed by atoms with Gasteiger partial charge in [0.05, 0.1) is 21.7 Å². The van der Waals surface area contributed by atoms with Crippen molar-refractivity contribution in [1.82, 2.24) is 10.3 Å². The Labute approximate surface area is 130 Å². The van der Waals surface area contributed by atoms with E-state index >= 15 is 0 Å². The summed E-state index contributed by atoms with van der Waals surface area (Å²) in [5, 5.41) is 12.1. The number of amides is 1. The number of thioether (sulfide) groups is 1. The van der Waals surface area contributed by atoms with Gasteiger partial charge in [-0.15, -0.1) is 0 Å². The lowest BCUT2D eigenvalue weighted by Gasteiger charge is -2.21. The van der Waals surface area contributed by atoms with E-state index in [1.165, 1.54) is 18.0 Å². The van der Waals surface area contributed by atoms with E-state index < -0.39 is 5.91 Å². The quantitative estimate of drug-likeness (QED) is 0.863. The Kier molecular flexibility index (Phi) is 6.69. The minimum Gasteiger partial charge on any atom is -0.395 e. The maximum absolute atomic E-state index is 12.0. The summed E-state index contributed by atoms with van der Waals surface area (Å²) < 4.78 is 0. The Hall–Kier alpha value is -0.200. The molecule has 1 aromatic heterocycles. The molecule has 0 aliphatic carbocycles. The van der Waals surface area contributed by atoms with Crippen molar-refractivity contribution in [2.24, 2.45) is 0 Å². The number of nitrogens with one attached hydrogen (secondary N) is 1. The van der Waals surface area contributed by atoms with E-state index in [-0.39, 0.29) is 38.7 Å². The maximum atomic E-state index is 12.0. The summed E-state index contributed by atoms with van der Waals surface area (Å²) in [6.07, 6.45) is 3.13. The van der Waals surface area contributed by atoms with Crippen LogP contribution in [0.5, 0.6) is 0 Å². The smallest absolute Gasteiger partial charge is 0.271 e. The highest BCUT2D eigenvalue weighted by atomic mass is 35.5. The average Bonchev–Trinajstić information content (AvgIpc) is 2.37. The van der Waals surface area contributed by atoms with Crippen LogP contribution in [-0.4, -0.2) is 40.2 Å². The molecule has 0 spiro atoms. The zero-order chi connectivity index (χ0) is 14.6. The van der Waals surface area contributed by atoms with Crippen LogP contribution in [0.3, 0.4) is 0 Å². The van der Waals surface area contributed by atoms with Crippen LogP contribution in [0.15, 0.2) is 6.20 Å². The first-order chi connectivity index (χ1) is 8.92. The van der Waals surface area contributed by atoms with Crippen LogP contribution in [0, 0.1) is 0 Å². The molecule has 4 nitrogen and oxygen atoms in total. The largest absolute Gasteiger partial charge is 0.395 e. The van der Waals surface area contributed by atoms with Crippen LogP contribution < -0.4 is 5.32 Å². The van der Waals surface area contributed by atoms with Gasteiger partial charge >= 0.3 is 0 Å². The lowest BCUT2D eigenvalue weighted by molar-refractivity contribution is 0.0931. The van der Waals surface area contributed by atoms with Crippen molar-refractivity contribution >= 4 is 52.5 Å². The van der Waals surface area contributed by atoms with E-state index in [9.17, 15) is 4.79 Å². The van der Waals surface area contributed by atoms with Gasteiger partial charge in [0.25, 0.3) is 5.91 Å². The number of nitrogens with zero attached hydrogens (tertiary/aromatic N) is 1. The van der Waals surface area contributed by atoms with Crippen LogP contribution in [0.25, 0.3) is 0 Å². The van der Waals surface area contributed by atoms with Gasteiger partial charge in [0.1, 0.15) is 5.69 Å². The standard InChI is InChI=1S/C11H13Cl3N2O2S/c1-5(7(4-17)19-2)16-11(18)10-9(14)8(13)6(12)3-15-10/h3,5,7,17H,4H2,1-2H3,(H,16,18). The van der Waals surface area contributed by atoms with Gasteiger partial charge in [0.2, 0.25) is 0 Å². The summed E-state index contributed by atoms with van der Waals surface area (Å²) in [5.41, 5.74) is 0.0145. The molecule has 0 fully saturated rings. The van der Waals surface area contributed by atoms with Gasteiger partial charge in [-0.25, -0.2) is 4.98 Å². The second-order valence-corrected chi connectivity index (χ2v) is 6.04. The highest BCUT2D eigenvalue weighted by Crippen LogP contribution is 2.31. The van der Waals surface area contributed by atoms with Crippen molar-refractivity contribution in [2.75, 3.05) is 12.9 Å². The average molecular weight is 344 g/mol. The SMILES string of the molecule is CSC(CO)C(C)NC(=O)c1ncc(Cl)c(Cl)c1Cl. The molecule has 0 radical (unpaired) electrons. The molecular formula is C11H13Cl3N2O2S. The van der Waals surface area contributed by atoms with Crippen LogP contribution in [-0.2, 0) is 0 Å². The molecule has 0 bridgehead atoms. The van der Waals surface area contributed by atoms with Gasteiger partial charge in [0.15, 0.2) is 0 Å². The van der Waals surface area contributed by atoms with Gasteiger partial charge in [-0.2, -0.15) is 11.8 Å². The Bertz CT molecular complexity index is 469. The number of rotatable bonds is 5. The van der Waals surface area contributed by atoms with Crippen molar-refractivity contribution in [2.45, 2.75) is 18.2 Å². The zero-order valence-electron chi connectivity index (χ0n) is 10.3. The third-order valence-corrected chi connectivity index (χ3v) is 4.93. The van der Waals surface area contributed by atoms with E-state index in [2.05, 4.69) is 10.3 Å². The number of aliphatic hydroxyl groups is 1. The third-order valence-electron chi connectivity index (χ3n) is 2.53. The molecule has 8 heteroatoms. The topological polar surface area (TPSA) is 62.2 Å². The molecule has 1 amide bonds. The Morgan fingerprint density at radius 1 is 1.47 bits per heavy atom. The van der Waals surface area contributed by atoms with Crippen LogP contribution in [0.2, 0.25) is 15.1 Å². The molecule has 0 saturated heterocycles. The van der Waals surface area contributed by atoms with Crippen LogP contribution in [0.1, 0.15) is 17.4 Å². The molecule has 0 aliphatic rings. The Morgan fingerprint density at radius 3 is 2.63 bits per heavy atom. The highest BCUT2D eigenvalue weighted by Gasteiger charge is 2.22. The van der Waals surface area contributed by atoms with Crippen molar-refractivity contribution in [3.8, 4) is 0 Å². The molecule has 1 aromatic rings. The Morgan fingerprint density at radius 2 is 2.11 bits per heavy atom. The number of hydrogen-bond donors (Lipinski definition) is 2. The van der Waals surface area contributed by atoms with Crippen molar-refractivity contribution in [3.05, 3.63) is 27.0 Å². The highest BCUT2D eigenvalue weighted by molar-refractivity contribution is 7.99. The zero-order valence-corrected chi connectivity index (χ0v) is 13.4. The lowest BCUT2D eigenvalue weighted by atomic mass is 10.2. The number of aromatic nitrogens is 1. The summed E-state index contributed by atoms with van der Waals surface area (Å²) in [4.78, 5) is 15.9. The number of hydrogen-bond acceptors (Lipinski definition) is 4. The van der Waals surface area contributed by atoms with E-state index in [1.807, 2.05) is 6.26 Å². The van der Waals surface area contributed by atoms with Crippen LogP contribution in [0.4, 0.5) is 0 Å². The van der Waals surface area contributed by atoms with E-state index in [0.717, 1.165) is 0 Å². The first-order valence-corrected chi connectivity index (χ1v) is 7.78. The fraction of sp³-hybridized carbons (Fsp3) is 0.455. The second-order valence-electron chi connectivity index (χ2n) is 3.80. The lowest BCUT2D eigenvalue weighted by Crippen LogP contribution is -2.41. The third kappa shape index (κ3) is 4.13. The number of pyridine rings is 1. The number of aliphatic hydroxyl groups excluding tert-OH is 1. The summed E-state index contributed by atoms with van der Waals surface area (Å²) >= 11 is 19.0. The number of halogens is 3. The first kappa shape index (κ1) is 16.9. The van der Waals surface area contributed by atoms with Gasteiger partial charge in [-0.3, -0.25) is 4.79 Å². The van der Waals surface area contributed by atoms with Crippen molar-refractivity contribution < 1.29 is 9.90 Å². The van der Waals surface area contributed by atoms with Crippen molar-refractivity contribution in [3.63, 3.8) is 0 Å². The normalized spacial score (nSPS) is 14.0. The molecule has 2 atom stereocenters. The number of carbonyl (C=O) groups excluding carboxylic acids is 1. The fourth-order valence-corrected chi connectivity index (χ4v) is 2.60. The van der Waals surface area contributed by atoms with E-state index in [1.54, 1.807) is 6.92 Å². The molecular weight excluding hydrogens is 331 g/mol. The van der Waals surface area contributed by atoms with Gasteiger partial charge in [0, 0.05) is 17.5 Å². The summed E-state index contributed by atoms with van der Waals surface area (Å²) in [6, 6.07) is -0.236. The van der Waals surface area contributed by atoms with Gasteiger partial charge in [-0.1, -0.05) is 34.8 Å². The van der Waals surface area contributed by atoms with Crippen LogP contribution >= 0.6 is 46.6 Å². The fourth-order valence-electron chi connectivity index (χ4n) is 1.41. The molecule has 1 heterocycles. The predicted molar refractivity (Wildman–Crippen MR) is 80.6 cm³/mol. The molecule has 0 saturated carbocycles. The monoisotopic (exact) mass is 342 g/mol. The van der Waals surface area contributed by atoms with Gasteiger partial charge in [-0.05, 0) is 13.2 Å². The first-order valence-electron chi connectivity index (χ1n) is 5.36. The minimum atomic E-state index is -0.455. The number of carbonyl (C=O) groups is 1. The maximum Gasteiger partial charge on any atom is 0.271 e. The summed E-state index contributed by atoms with van der Waals surface area (Å²) in [6.45, 7) is 1.76. The molecule has 0 aliphatic heterocycles. The molecule has 0 aromatic carbocycles. The molecule has 106 valence electrons. The minimum absolute atomic E-state index is 0.0145. The predicted octanol–water partition coefficient (Wildman–Crippen LogP) is 2.88. The van der Waals surface area contributed by atoms with E-state index in [4.69, 9.17) is 39.9 Å². The molecule has 2 unspecified atom stereocenters. The van der Waals surface area contributed by atoms with E-state index in [0.29, 0.717) is 0 Å². The summed E-state index contributed by atoms with van der Waals surface area (Å²) in [7, 11) is 0. The second kappa shape index (κ2) is 7.55. The molecule has 1 rings (SSSR count). The van der Waals surface area contributed by atoms with Crippen molar-refractivity contribution in [1.29, 1.82) is 0 Å². The summed E-state index contributed by atoms with van der Waals surface area (Å²) in [5.74, 6) is -0.455. The van der Waals surface area contributed by atoms with Gasteiger partial charge < -0.3 is 10.4 Å². The Balaban J connectivity index is 2.87.